The first-order valence-corrected chi connectivity index (χ1v) is 9.16. The van der Waals surface area contributed by atoms with Gasteiger partial charge < -0.3 is 15.4 Å². The summed E-state index contributed by atoms with van der Waals surface area (Å²) >= 11 is 0. The largest absolute Gasteiger partial charge is 0.436 e. The highest BCUT2D eigenvalue weighted by molar-refractivity contribution is 5.89. The summed E-state index contributed by atoms with van der Waals surface area (Å²) in [5, 5.41) is 2.75. The molecule has 2 amide bonds. The van der Waals surface area contributed by atoms with Crippen LogP contribution in [0.1, 0.15) is 23.1 Å². The second kappa shape index (κ2) is 7.81. The number of hydrogen-bond acceptors (Lipinski definition) is 4. The summed E-state index contributed by atoms with van der Waals surface area (Å²) in [6, 6.07) is 15.0. The third kappa shape index (κ3) is 3.70. The average Bonchev–Trinajstić information content (AvgIpc) is 3.07. The molecule has 1 unspecified atom stereocenters. The minimum atomic E-state index is -0.800. The number of halogens is 1. The predicted molar refractivity (Wildman–Crippen MR) is 110 cm³/mol. The monoisotopic (exact) mass is 401 g/mol. The second-order valence-electron chi connectivity index (χ2n) is 7.36. The lowest BCUT2D eigenvalue weighted by Crippen LogP contribution is -2.47. The van der Waals surface area contributed by atoms with E-state index >= 15 is 0 Å². The molecule has 148 valence electrons. The summed E-state index contributed by atoms with van der Waals surface area (Å²) in [5.41, 5.74) is 9.17. The van der Waals surface area contributed by atoms with E-state index in [-0.39, 0.29) is 18.3 Å². The summed E-state index contributed by atoms with van der Waals surface area (Å²) in [6.45, 7) is 2.85. The fourth-order valence-electron chi connectivity index (χ4n) is 3.98. The number of rotatable bonds is 3. The molecule has 2 aromatic carbocycles. The van der Waals surface area contributed by atoms with Crippen molar-refractivity contribution in [1.29, 1.82) is 0 Å². The van der Waals surface area contributed by atoms with Gasteiger partial charge in [0.1, 0.15) is 0 Å². The van der Waals surface area contributed by atoms with Crippen molar-refractivity contribution in [2.45, 2.75) is 31.4 Å². The predicted octanol–water partition coefficient (Wildman–Crippen LogP) is 2.98. The van der Waals surface area contributed by atoms with Gasteiger partial charge in [-0.3, -0.25) is 10.1 Å². The number of aryl methyl sites for hydroxylation is 1. The fourth-order valence-corrected chi connectivity index (χ4v) is 3.98. The number of likely N-dealkylation sites (tertiary alicyclic amines) is 1. The van der Waals surface area contributed by atoms with Gasteiger partial charge >= 0.3 is 6.09 Å². The van der Waals surface area contributed by atoms with Crippen molar-refractivity contribution in [2.24, 2.45) is 5.73 Å². The molecule has 6 nitrogen and oxygen atoms in total. The van der Waals surface area contributed by atoms with Gasteiger partial charge in [-0.15, -0.1) is 12.4 Å². The molecule has 1 fully saturated rings. The van der Waals surface area contributed by atoms with Crippen LogP contribution in [-0.2, 0) is 21.6 Å². The van der Waals surface area contributed by atoms with Crippen LogP contribution in [0.25, 0.3) is 0 Å². The summed E-state index contributed by atoms with van der Waals surface area (Å²) in [4.78, 5) is 26.7. The Hall–Kier alpha value is -2.57. The van der Waals surface area contributed by atoms with Crippen molar-refractivity contribution in [3.8, 4) is 0 Å². The molecular formula is C21H24ClN3O3. The Balaban J connectivity index is 0.00000225. The number of fused-ring (bicyclic) bond motifs is 2. The zero-order chi connectivity index (χ0) is 19.0. The number of carbonyl (C=O) groups is 2. The van der Waals surface area contributed by atoms with Crippen molar-refractivity contribution in [2.75, 3.05) is 18.4 Å². The normalized spacial score (nSPS) is 21.4. The van der Waals surface area contributed by atoms with Crippen LogP contribution in [-0.4, -0.2) is 36.0 Å². The maximum atomic E-state index is 12.9. The molecule has 1 saturated heterocycles. The number of hydrogen-bond donors (Lipinski definition) is 2. The standard InChI is InChI=1S/C21H23N3O3.ClH/c1-14-7-8-18-16(11-14)21(27-20(26)23-18)9-10-24(13-21)19(25)17(22)12-15-5-3-2-4-6-15;/h2-8,11,17H,9-10,12-13,22H2,1H3,(H,23,26);1H/t17-,21?;/m0./s1. The SMILES string of the molecule is Cc1ccc2c(c1)C1(CCN(C(=O)[C@@H](N)Cc3ccccc3)C1)OC(=O)N2.Cl. The van der Waals surface area contributed by atoms with Crippen molar-refractivity contribution < 1.29 is 14.3 Å². The lowest BCUT2D eigenvalue weighted by Gasteiger charge is -2.35. The Labute approximate surface area is 170 Å². The van der Waals surface area contributed by atoms with Gasteiger partial charge in [0.15, 0.2) is 5.60 Å². The number of nitrogens with zero attached hydrogens (tertiary/aromatic N) is 1. The Morgan fingerprint density at radius 2 is 2.04 bits per heavy atom. The molecule has 7 heteroatoms. The first-order valence-electron chi connectivity index (χ1n) is 9.16. The van der Waals surface area contributed by atoms with E-state index in [1.165, 1.54) is 0 Å². The van der Waals surface area contributed by atoms with Gasteiger partial charge in [-0.25, -0.2) is 4.79 Å². The zero-order valence-corrected chi connectivity index (χ0v) is 16.5. The van der Waals surface area contributed by atoms with Crippen LogP contribution in [0.4, 0.5) is 10.5 Å². The molecule has 0 bridgehead atoms. The molecule has 2 aliphatic rings. The van der Waals surface area contributed by atoms with E-state index in [2.05, 4.69) is 5.32 Å². The molecule has 0 saturated carbocycles. The van der Waals surface area contributed by atoms with E-state index in [0.29, 0.717) is 25.9 Å². The highest BCUT2D eigenvalue weighted by Crippen LogP contribution is 2.43. The summed E-state index contributed by atoms with van der Waals surface area (Å²) in [6.07, 6.45) is 0.579. The highest BCUT2D eigenvalue weighted by Gasteiger charge is 2.49. The molecule has 0 aromatic heterocycles. The van der Waals surface area contributed by atoms with Crippen molar-refractivity contribution in [3.05, 3.63) is 65.2 Å². The van der Waals surface area contributed by atoms with Crippen molar-refractivity contribution >= 4 is 30.1 Å². The molecule has 0 aliphatic carbocycles. The van der Waals surface area contributed by atoms with Crippen LogP contribution in [0.3, 0.4) is 0 Å². The number of carbonyl (C=O) groups excluding carboxylic acids is 2. The topological polar surface area (TPSA) is 84.7 Å². The van der Waals surface area contributed by atoms with Crippen LogP contribution < -0.4 is 11.1 Å². The van der Waals surface area contributed by atoms with E-state index in [1.807, 2.05) is 55.5 Å². The second-order valence-corrected chi connectivity index (χ2v) is 7.36. The smallest absolute Gasteiger partial charge is 0.412 e. The van der Waals surface area contributed by atoms with E-state index in [4.69, 9.17) is 10.5 Å². The molecule has 2 heterocycles. The van der Waals surface area contributed by atoms with Gasteiger partial charge in [-0.05, 0) is 31.0 Å². The molecule has 0 radical (unpaired) electrons. The number of nitrogens with two attached hydrogens (primary N) is 1. The molecular weight excluding hydrogens is 378 g/mol. The molecule has 2 aromatic rings. The van der Waals surface area contributed by atoms with Gasteiger partial charge in [0, 0.05) is 18.5 Å². The maximum Gasteiger partial charge on any atom is 0.412 e. The van der Waals surface area contributed by atoms with Gasteiger partial charge in [0.25, 0.3) is 0 Å². The summed E-state index contributed by atoms with van der Waals surface area (Å²) in [7, 11) is 0. The van der Waals surface area contributed by atoms with Gasteiger partial charge in [-0.2, -0.15) is 0 Å². The number of nitrogens with one attached hydrogen (secondary N) is 1. The fraction of sp³-hybridized carbons (Fsp3) is 0.333. The van der Waals surface area contributed by atoms with Gasteiger partial charge in [0.05, 0.1) is 18.3 Å². The summed E-state index contributed by atoms with van der Waals surface area (Å²) in [5.74, 6) is -0.112. The molecule has 1 spiro atoms. The number of ether oxygens (including phenoxy) is 1. The number of anilines is 1. The maximum absolute atomic E-state index is 12.9. The van der Waals surface area contributed by atoms with Crippen molar-refractivity contribution in [3.63, 3.8) is 0 Å². The van der Waals surface area contributed by atoms with Gasteiger partial charge in [-0.1, -0.05) is 42.0 Å². The van der Waals surface area contributed by atoms with Crippen LogP contribution in [0.15, 0.2) is 48.5 Å². The Morgan fingerprint density at radius 3 is 2.79 bits per heavy atom. The van der Waals surface area contributed by atoms with Crippen LogP contribution in [0.2, 0.25) is 0 Å². The molecule has 2 atom stereocenters. The van der Waals surface area contributed by atoms with E-state index < -0.39 is 17.7 Å². The molecule has 3 N–H and O–H groups in total. The third-order valence-corrected chi connectivity index (χ3v) is 5.35. The quantitative estimate of drug-likeness (QED) is 0.828. The highest BCUT2D eigenvalue weighted by atomic mass is 35.5. The summed E-state index contributed by atoms with van der Waals surface area (Å²) < 4.78 is 5.71. The Bertz CT molecular complexity index is 890. The lowest BCUT2D eigenvalue weighted by atomic mass is 9.89. The lowest BCUT2D eigenvalue weighted by molar-refractivity contribution is -0.132. The molecule has 2 aliphatic heterocycles. The number of amides is 2. The van der Waals surface area contributed by atoms with E-state index in [0.717, 1.165) is 22.4 Å². The molecule has 28 heavy (non-hydrogen) atoms. The van der Waals surface area contributed by atoms with E-state index in [9.17, 15) is 9.59 Å². The number of benzene rings is 2. The average molecular weight is 402 g/mol. The van der Waals surface area contributed by atoms with Crippen molar-refractivity contribution in [1.82, 2.24) is 4.90 Å². The van der Waals surface area contributed by atoms with Crippen LogP contribution in [0, 0.1) is 6.92 Å². The first kappa shape index (κ1) is 20.2. The zero-order valence-electron chi connectivity index (χ0n) is 15.7. The van der Waals surface area contributed by atoms with Crippen LogP contribution in [0.5, 0.6) is 0 Å². The minimum absolute atomic E-state index is 0. The van der Waals surface area contributed by atoms with Gasteiger partial charge in [0.2, 0.25) is 5.91 Å². The minimum Gasteiger partial charge on any atom is -0.436 e. The molecule has 4 rings (SSSR count). The Morgan fingerprint density at radius 1 is 1.29 bits per heavy atom. The third-order valence-electron chi connectivity index (χ3n) is 5.35. The van der Waals surface area contributed by atoms with Crippen LogP contribution >= 0.6 is 12.4 Å². The Kier molecular flexibility index (Phi) is 5.63. The van der Waals surface area contributed by atoms with E-state index in [1.54, 1.807) is 4.90 Å². The first-order chi connectivity index (χ1) is 13.0.